The molecule has 0 aliphatic rings. The van der Waals surface area contributed by atoms with Crippen LogP contribution in [-0.4, -0.2) is 5.78 Å². The minimum absolute atomic E-state index is 0.0951. The van der Waals surface area contributed by atoms with Gasteiger partial charge in [0.2, 0.25) is 0 Å². The van der Waals surface area contributed by atoms with Gasteiger partial charge in [0, 0.05) is 6.42 Å². The average Bonchev–Trinajstić information content (AvgIpc) is 2.41. The summed E-state index contributed by atoms with van der Waals surface area (Å²) in [5, 5.41) is 0. The predicted octanol–water partition coefficient (Wildman–Crippen LogP) is 4.38. The van der Waals surface area contributed by atoms with Crippen LogP contribution in [-0.2, 0) is 0 Å². The van der Waals surface area contributed by atoms with Gasteiger partial charge < -0.3 is 4.74 Å². The molecule has 0 aliphatic carbocycles. The first-order chi connectivity index (χ1) is 8.70. The Labute approximate surface area is 107 Å². The molecule has 0 radical (unpaired) electrons. The molecule has 0 amide bonds. The molecular formula is C16H16O2. The standard InChI is InChI=1S/C16H16O2/c1-3-15(17)14-6-4-5-7-16(14)18-13-10-8-12(2)9-11-13/h4-11H,3H2,1-2H3. The van der Waals surface area contributed by atoms with E-state index in [1.807, 2.05) is 56.3 Å². The lowest BCUT2D eigenvalue weighted by Crippen LogP contribution is -1.99. The molecule has 18 heavy (non-hydrogen) atoms. The molecule has 0 spiro atoms. The van der Waals surface area contributed by atoms with Crippen molar-refractivity contribution in [1.82, 2.24) is 0 Å². The summed E-state index contributed by atoms with van der Waals surface area (Å²) in [4.78, 5) is 11.8. The minimum atomic E-state index is 0.0951. The molecular weight excluding hydrogens is 224 g/mol. The Morgan fingerprint density at radius 3 is 2.39 bits per heavy atom. The van der Waals surface area contributed by atoms with Gasteiger partial charge >= 0.3 is 0 Å². The van der Waals surface area contributed by atoms with E-state index in [2.05, 4.69) is 0 Å². The van der Waals surface area contributed by atoms with Crippen LogP contribution in [0.25, 0.3) is 0 Å². The topological polar surface area (TPSA) is 26.3 Å². The van der Waals surface area contributed by atoms with Gasteiger partial charge in [-0.2, -0.15) is 0 Å². The van der Waals surface area contributed by atoms with Crippen LogP contribution in [0.15, 0.2) is 48.5 Å². The van der Waals surface area contributed by atoms with Crippen LogP contribution in [0.3, 0.4) is 0 Å². The van der Waals surface area contributed by atoms with E-state index in [0.29, 0.717) is 17.7 Å². The fourth-order valence-electron chi connectivity index (χ4n) is 1.71. The first-order valence-corrected chi connectivity index (χ1v) is 6.07. The van der Waals surface area contributed by atoms with Crippen molar-refractivity contribution in [2.75, 3.05) is 0 Å². The van der Waals surface area contributed by atoms with Gasteiger partial charge in [0.1, 0.15) is 11.5 Å². The molecule has 0 saturated carbocycles. The number of ether oxygens (including phenoxy) is 1. The molecule has 0 fully saturated rings. The van der Waals surface area contributed by atoms with Crippen molar-refractivity contribution in [3.05, 3.63) is 59.7 Å². The summed E-state index contributed by atoms with van der Waals surface area (Å²) in [6, 6.07) is 15.1. The van der Waals surface area contributed by atoms with Crippen LogP contribution < -0.4 is 4.74 Å². The summed E-state index contributed by atoms with van der Waals surface area (Å²) >= 11 is 0. The van der Waals surface area contributed by atoms with Gasteiger partial charge in [-0.1, -0.05) is 36.8 Å². The quantitative estimate of drug-likeness (QED) is 0.741. The van der Waals surface area contributed by atoms with E-state index in [1.165, 1.54) is 5.56 Å². The second-order valence-corrected chi connectivity index (χ2v) is 4.19. The number of aryl methyl sites for hydroxylation is 1. The fourth-order valence-corrected chi connectivity index (χ4v) is 1.71. The Balaban J connectivity index is 2.28. The van der Waals surface area contributed by atoms with Gasteiger partial charge in [0.15, 0.2) is 5.78 Å². The first kappa shape index (κ1) is 12.4. The van der Waals surface area contributed by atoms with Crippen LogP contribution in [0, 0.1) is 6.92 Å². The zero-order valence-corrected chi connectivity index (χ0v) is 10.6. The molecule has 2 rings (SSSR count). The highest BCUT2D eigenvalue weighted by Gasteiger charge is 2.10. The van der Waals surface area contributed by atoms with Crippen molar-refractivity contribution >= 4 is 5.78 Å². The third kappa shape index (κ3) is 2.77. The second-order valence-electron chi connectivity index (χ2n) is 4.19. The molecule has 0 aliphatic heterocycles. The second kappa shape index (κ2) is 5.50. The molecule has 0 bridgehead atoms. The van der Waals surface area contributed by atoms with Crippen LogP contribution in [0.4, 0.5) is 0 Å². The number of rotatable bonds is 4. The average molecular weight is 240 g/mol. The van der Waals surface area contributed by atoms with E-state index in [-0.39, 0.29) is 5.78 Å². The lowest BCUT2D eigenvalue weighted by Gasteiger charge is -2.09. The molecule has 92 valence electrons. The van der Waals surface area contributed by atoms with E-state index in [0.717, 1.165) is 5.75 Å². The third-order valence-electron chi connectivity index (χ3n) is 2.76. The summed E-state index contributed by atoms with van der Waals surface area (Å²) in [6.45, 7) is 3.88. The smallest absolute Gasteiger partial charge is 0.166 e. The first-order valence-electron chi connectivity index (χ1n) is 6.07. The highest BCUT2D eigenvalue weighted by molar-refractivity contribution is 5.98. The zero-order chi connectivity index (χ0) is 13.0. The van der Waals surface area contributed by atoms with Crippen LogP contribution >= 0.6 is 0 Å². The Bertz CT molecular complexity index is 541. The molecule has 2 heteroatoms. The number of para-hydroxylation sites is 1. The summed E-state index contributed by atoms with van der Waals surface area (Å²) in [5.74, 6) is 1.46. The molecule has 2 nitrogen and oxygen atoms in total. The largest absolute Gasteiger partial charge is 0.457 e. The maximum absolute atomic E-state index is 11.8. The SMILES string of the molecule is CCC(=O)c1ccccc1Oc1ccc(C)cc1. The Kier molecular flexibility index (Phi) is 3.78. The molecule has 0 aromatic heterocycles. The number of ketones is 1. The predicted molar refractivity (Wildman–Crippen MR) is 72.3 cm³/mol. The minimum Gasteiger partial charge on any atom is -0.457 e. The van der Waals surface area contributed by atoms with Crippen molar-refractivity contribution in [2.45, 2.75) is 20.3 Å². The molecule has 0 N–H and O–H groups in total. The van der Waals surface area contributed by atoms with Crippen molar-refractivity contribution in [3.63, 3.8) is 0 Å². The summed E-state index contributed by atoms with van der Waals surface area (Å²) in [6.07, 6.45) is 0.480. The molecule has 2 aromatic carbocycles. The van der Waals surface area contributed by atoms with Gasteiger partial charge in [-0.15, -0.1) is 0 Å². The Morgan fingerprint density at radius 1 is 1.06 bits per heavy atom. The van der Waals surface area contributed by atoms with Crippen LogP contribution in [0.2, 0.25) is 0 Å². The Hall–Kier alpha value is -2.09. The number of benzene rings is 2. The number of hydrogen-bond donors (Lipinski definition) is 0. The van der Waals surface area contributed by atoms with E-state index < -0.39 is 0 Å². The van der Waals surface area contributed by atoms with Gasteiger partial charge in [0.25, 0.3) is 0 Å². The molecule has 0 heterocycles. The van der Waals surface area contributed by atoms with Crippen molar-refractivity contribution in [3.8, 4) is 11.5 Å². The van der Waals surface area contributed by atoms with Gasteiger partial charge in [-0.25, -0.2) is 0 Å². The van der Waals surface area contributed by atoms with Crippen LogP contribution in [0.1, 0.15) is 29.3 Å². The highest BCUT2D eigenvalue weighted by atomic mass is 16.5. The van der Waals surface area contributed by atoms with Crippen LogP contribution in [0.5, 0.6) is 11.5 Å². The monoisotopic (exact) mass is 240 g/mol. The molecule has 0 saturated heterocycles. The number of carbonyl (C=O) groups is 1. The van der Waals surface area contributed by atoms with Gasteiger partial charge in [-0.05, 0) is 31.2 Å². The Morgan fingerprint density at radius 2 is 1.72 bits per heavy atom. The summed E-state index contributed by atoms with van der Waals surface area (Å²) in [5.41, 5.74) is 1.82. The molecule has 0 unspecified atom stereocenters. The summed E-state index contributed by atoms with van der Waals surface area (Å²) < 4.78 is 5.77. The number of Topliss-reactive ketones (excluding diaryl/α,β-unsaturated/α-hetero) is 1. The van der Waals surface area contributed by atoms with Gasteiger partial charge in [0.05, 0.1) is 5.56 Å². The van der Waals surface area contributed by atoms with E-state index in [1.54, 1.807) is 6.07 Å². The third-order valence-corrected chi connectivity index (χ3v) is 2.76. The van der Waals surface area contributed by atoms with Crippen molar-refractivity contribution in [2.24, 2.45) is 0 Å². The molecule has 2 aromatic rings. The molecule has 0 atom stereocenters. The van der Waals surface area contributed by atoms with Crippen molar-refractivity contribution < 1.29 is 9.53 Å². The van der Waals surface area contributed by atoms with E-state index in [9.17, 15) is 4.79 Å². The number of hydrogen-bond acceptors (Lipinski definition) is 2. The highest BCUT2D eigenvalue weighted by Crippen LogP contribution is 2.26. The van der Waals surface area contributed by atoms with Gasteiger partial charge in [-0.3, -0.25) is 4.79 Å². The van der Waals surface area contributed by atoms with E-state index >= 15 is 0 Å². The van der Waals surface area contributed by atoms with E-state index in [4.69, 9.17) is 4.74 Å². The zero-order valence-electron chi connectivity index (χ0n) is 10.6. The summed E-state index contributed by atoms with van der Waals surface area (Å²) in [7, 11) is 0. The lowest BCUT2D eigenvalue weighted by molar-refractivity contribution is 0.0986. The lowest BCUT2D eigenvalue weighted by atomic mass is 10.1. The maximum Gasteiger partial charge on any atom is 0.166 e. The number of carbonyl (C=O) groups excluding carboxylic acids is 1. The normalized spacial score (nSPS) is 10.1. The fraction of sp³-hybridized carbons (Fsp3) is 0.188. The van der Waals surface area contributed by atoms with Crippen molar-refractivity contribution in [1.29, 1.82) is 0 Å². The maximum atomic E-state index is 11.8.